The molecule has 1 heterocycles. The molecule has 0 aliphatic rings. The van der Waals surface area contributed by atoms with Gasteiger partial charge in [0.2, 0.25) is 10.0 Å². The number of rotatable bonds is 6. The number of nitrogens with one attached hydrogen (secondary N) is 1. The number of hydrogen-bond donors (Lipinski definition) is 2. The van der Waals surface area contributed by atoms with Gasteiger partial charge in [0.05, 0.1) is 23.6 Å². The van der Waals surface area contributed by atoms with Crippen LogP contribution in [-0.4, -0.2) is 29.7 Å². The Morgan fingerprint density at radius 3 is 2.54 bits per heavy atom. The fourth-order valence-electron chi connectivity index (χ4n) is 2.71. The van der Waals surface area contributed by atoms with Gasteiger partial charge < -0.3 is 5.11 Å². The number of aryl methyl sites for hydroxylation is 2. The summed E-state index contributed by atoms with van der Waals surface area (Å²) in [5, 5.41) is 16.6. The predicted octanol–water partition coefficient (Wildman–Crippen LogP) is 1.51. The Morgan fingerprint density at radius 1 is 1.25 bits per heavy atom. The van der Waals surface area contributed by atoms with Crippen LogP contribution in [0.2, 0.25) is 0 Å². The van der Waals surface area contributed by atoms with Gasteiger partial charge in [0.1, 0.15) is 0 Å². The van der Waals surface area contributed by atoms with Crippen LogP contribution in [0.3, 0.4) is 0 Å². The maximum atomic E-state index is 12.7. The standard InChI is InChI=1S/C16H19N3O4S/c1-10-7-11(2)16(12(3)14(10)8-15(20)21)24(22,23)18-9-13-5-4-6-17-19-13/h4-7,18H,8-9H2,1-3H3,(H,20,21). The van der Waals surface area contributed by atoms with Crippen LogP contribution in [0.5, 0.6) is 0 Å². The number of benzene rings is 1. The molecule has 0 saturated carbocycles. The second-order valence-electron chi connectivity index (χ2n) is 5.55. The molecule has 2 rings (SSSR count). The summed E-state index contributed by atoms with van der Waals surface area (Å²) in [7, 11) is -3.81. The van der Waals surface area contributed by atoms with Crippen LogP contribution < -0.4 is 4.72 Å². The van der Waals surface area contributed by atoms with E-state index in [-0.39, 0.29) is 17.9 Å². The van der Waals surface area contributed by atoms with E-state index >= 15 is 0 Å². The van der Waals surface area contributed by atoms with Gasteiger partial charge in [0, 0.05) is 6.20 Å². The van der Waals surface area contributed by atoms with Crippen molar-refractivity contribution in [2.45, 2.75) is 38.6 Å². The zero-order valence-corrected chi connectivity index (χ0v) is 14.5. The Morgan fingerprint density at radius 2 is 1.96 bits per heavy atom. The molecule has 0 spiro atoms. The third-order valence-electron chi connectivity index (χ3n) is 3.73. The summed E-state index contributed by atoms with van der Waals surface area (Å²) in [4.78, 5) is 11.2. The van der Waals surface area contributed by atoms with E-state index in [1.54, 1.807) is 39.0 Å². The number of aliphatic carboxylic acids is 1. The number of carboxylic acid groups (broad SMARTS) is 1. The fraction of sp³-hybridized carbons (Fsp3) is 0.312. The topological polar surface area (TPSA) is 109 Å². The van der Waals surface area contributed by atoms with Crippen LogP contribution in [0.1, 0.15) is 27.9 Å². The molecule has 7 nitrogen and oxygen atoms in total. The molecule has 0 amide bonds. The minimum atomic E-state index is -3.81. The molecule has 0 radical (unpaired) electrons. The van der Waals surface area contributed by atoms with Gasteiger partial charge in [-0.15, -0.1) is 0 Å². The summed E-state index contributed by atoms with van der Waals surface area (Å²) in [6.07, 6.45) is 1.29. The van der Waals surface area contributed by atoms with Crippen LogP contribution in [-0.2, 0) is 27.8 Å². The van der Waals surface area contributed by atoms with Crippen molar-refractivity contribution in [3.05, 3.63) is 52.3 Å². The molecule has 2 N–H and O–H groups in total. The van der Waals surface area contributed by atoms with Crippen LogP contribution in [0, 0.1) is 20.8 Å². The number of carbonyl (C=O) groups is 1. The van der Waals surface area contributed by atoms with Gasteiger partial charge in [-0.25, -0.2) is 13.1 Å². The second-order valence-corrected chi connectivity index (χ2v) is 7.26. The largest absolute Gasteiger partial charge is 0.481 e. The number of sulfonamides is 1. The van der Waals surface area contributed by atoms with Crippen LogP contribution in [0.4, 0.5) is 0 Å². The van der Waals surface area contributed by atoms with E-state index in [0.29, 0.717) is 22.4 Å². The average Bonchev–Trinajstić information content (AvgIpc) is 2.50. The summed E-state index contributed by atoms with van der Waals surface area (Å²) >= 11 is 0. The lowest BCUT2D eigenvalue weighted by atomic mass is 9.97. The lowest BCUT2D eigenvalue weighted by molar-refractivity contribution is -0.136. The molecule has 0 fully saturated rings. The van der Waals surface area contributed by atoms with Crippen molar-refractivity contribution in [2.75, 3.05) is 0 Å². The van der Waals surface area contributed by atoms with E-state index in [9.17, 15) is 13.2 Å². The third kappa shape index (κ3) is 3.95. The molecule has 0 saturated heterocycles. The average molecular weight is 349 g/mol. The van der Waals surface area contributed by atoms with Gasteiger partial charge in [-0.3, -0.25) is 4.79 Å². The van der Waals surface area contributed by atoms with Crippen molar-refractivity contribution in [3.63, 3.8) is 0 Å². The zero-order chi connectivity index (χ0) is 17.9. The Balaban J connectivity index is 2.40. The van der Waals surface area contributed by atoms with E-state index in [1.165, 1.54) is 6.20 Å². The molecule has 0 atom stereocenters. The summed E-state index contributed by atoms with van der Waals surface area (Å²) in [5.41, 5.74) is 2.81. The van der Waals surface area contributed by atoms with E-state index < -0.39 is 16.0 Å². The molecule has 128 valence electrons. The molecule has 1 aromatic carbocycles. The van der Waals surface area contributed by atoms with Crippen LogP contribution in [0.15, 0.2) is 29.3 Å². The highest BCUT2D eigenvalue weighted by molar-refractivity contribution is 7.89. The maximum absolute atomic E-state index is 12.7. The first kappa shape index (κ1) is 18.0. The molecule has 1 aromatic heterocycles. The van der Waals surface area contributed by atoms with Crippen molar-refractivity contribution in [1.29, 1.82) is 0 Å². The fourth-order valence-corrected chi connectivity index (χ4v) is 4.20. The van der Waals surface area contributed by atoms with Gasteiger partial charge >= 0.3 is 5.97 Å². The van der Waals surface area contributed by atoms with Crippen molar-refractivity contribution >= 4 is 16.0 Å². The van der Waals surface area contributed by atoms with Gasteiger partial charge in [-0.2, -0.15) is 10.2 Å². The molecule has 2 aromatic rings. The summed E-state index contributed by atoms with van der Waals surface area (Å²) < 4.78 is 27.9. The lowest BCUT2D eigenvalue weighted by Gasteiger charge is -2.17. The first-order chi connectivity index (χ1) is 11.2. The van der Waals surface area contributed by atoms with Crippen LogP contribution in [0.25, 0.3) is 0 Å². The first-order valence-corrected chi connectivity index (χ1v) is 8.78. The highest BCUT2D eigenvalue weighted by Crippen LogP contribution is 2.27. The van der Waals surface area contributed by atoms with Crippen molar-refractivity contribution < 1.29 is 18.3 Å². The number of nitrogens with zero attached hydrogens (tertiary/aromatic N) is 2. The Kier molecular flexibility index (Phi) is 5.30. The Labute approximate surface area is 140 Å². The monoisotopic (exact) mass is 349 g/mol. The number of aromatic nitrogens is 2. The van der Waals surface area contributed by atoms with Gasteiger partial charge in [-0.05, 0) is 55.2 Å². The summed E-state index contributed by atoms with van der Waals surface area (Å²) in [6, 6.07) is 5.03. The molecule has 0 aliphatic carbocycles. The highest BCUT2D eigenvalue weighted by Gasteiger charge is 2.23. The molecular weight excluding hydrogens is 330 g/mol. The second kappa shape index (κ2) is 7.06. The summed E-state index contributed by atoms with van der Waals surface area (Å²) in [6.45, 7) is 5.12. The van der Waals surface area contributed by atoms with Crippen LogP contribution >= 0.6 is 0 Å². The first-order valence-electron chi connectivity index (χ1n) is 7.30. The van der Waals surface area contributed by atoms with Crippen molar-refractivity contribution in [1.82, 2.24) is 14.9 Å². The quantitative estimate of drug-likeness (QED) is 0.818. The minimum absolute atomic E-state index is 0.0111. The summed E-state index contributed by atoms with van der Waals surface area (Å²) in [5.74, 6) is -0.999. The molecule has 0 aliphatic heterocycles. The van der Waals surface area contributed by atoms with Crippen molar-refractivity contribution in [2.24, 2.45) is 0 Å². The smallest absolute Gasteiger partial charge is 0.307 e. The number of carboxylic acids is 1. The lowest BCUT2D eigenvalue weighted by Crippen LogP contribution is -2.26. The highest BCUT2D eigenvalue weighted by atomic mass is 32.2. The third-order valence-corrected chi connectivity index (χ3v) is 5.42. The van der Waals surface area contributed by atoms with E-state index in [4.69, 9.17) is 5.11 Å². The van der Waals surface area contributed by atoms with Gasteiger partial charge in [0.25, 0.3) is 0 Å². The zero-order valence-electron chi connectivity index (χ0n) is 13.7. The van der Waals surface area contributed by atoms with E-state index in [2.05, 4.69) is 14.9 Å². The molecular formula is C16H19N3O4S. The molecule has 0 bridgehead atoms. The molecule has 0 unspecified atom stereocenters. The Bertz CT molecular complexity index is 865. The predicted molar refractivity (Wildman–Crippen MR) is 88.1 cm³/mol. The SMILES string of the molecule is Cc1cc(C)c(S(=O)(=O)NCc2cccnn2)c(C)c1CC(=O)O. The molecule has 8 heteroatoms. The normalized spacial score (nSPS) is 11.5. The van der Waals surface area contributed by atoms with Gasteiger partial charge in [0.15, 0.2) is 0 Å². The van der Waals surface area contributed by atoms with Gasteiger partial charge in [-0.1, -0.05) is 6.07 Å². The van der Waals surface area contributed by atoms with Crippen molar-refractivity contribution in [3.8, 4) is 0 Å². The minimum Gasteiger partial charge on any atom is -0.481 e. The Hall–Kier alpha value is -2.32. The van der Waals surface area contributed by atoms with E-state index in [1.807, 2.05) is 0 Å². The number of hydrogen-bond acceptors (Lipinski definition) is 5. The van der Waals surface area contributed by atoms with E-state index in [0.717, 1.165) is 5.56 Å². The molecule has 24 heavy (non-hydrogen) atoms. The maximum Gasteiger partial charge on any atom is 0.307 e.